The van der Waals surface area contributed by atoms with Crippen LogP contribution in [-0.2, 0) is 16.1 Å². The molecule has 1 aromatic carbocycles. The number of benzene rings is 1. The molecule has 1 amide bonds. The first-order valence-corrected chi connectivity index (χ1v) is 6.03. The number of rotatable bonds is 7. The van der Waals surface area contributed by atoms with Crippen molar-refractivity contribution >= 4 is 12.1 Å². The second kappa shape index (κ2) is 8.10. The van der Waals surface area contributed by atoms with Crippen LogP contribution in [0.25, 0.3) is 0 Å². The Labute approximate surface area is 111 Å². The molecule has 1 atom stereocenters. The molecule has 1 rings (SSSR count). The Kier molecular flexibility index (Phi) is 6.38. The van der Waals surface area contributed by atoms with Crippen LogP contribution in [0.5, 0.6) is 0 Å². The number of ether oxygens (including phenoxy) is 1. The summed E-state index contributed by atoms with van der Waals surface area (Å²) in [6.45, 7) is 0.487. The van der Waals surface area contributed by atoms with E-state index in [2.05, 4.69) is 5.32 Å². The Bertz CT molecular complexity index is 408. The van der Waals surface area contributed by atoms with E-state index < -0.39 is 18.1 Å². The Morgan fingerprint density at radius 1 is 1.32 bits per heavy atom. The van der Waals surface area contributed by atoms with Crippen LogP contribution < -0.4 is 11.1 Å². The molecule has 0 aliphatic rings. The van der Waals surface area contributed by atoms with Gasteiger partial charge in [-0.15, -0.1) is 0 Å². The van der Waals surface area contributed by atoms with E-state index >= 15 is 0 Å². The summed E-state index contributed by atoms with van der Waals surface area (Å²) in [5.74, 6) is -1.09. The van der Waals surface area contributed by atoms with Gasteiger partial charge in [0.05, 0.1) is 0 Å². The SMILES string of the molecule is NCCCC(NC(=O)OCc1ccccc1)C(=O)O. The van der Waals surface area contributed by atoms with Crippen molar-refractivity contribution in [3.63, 3.8) is 0 Å². The minimum atomic E-state index is -1.09. The van der Waals surface area contributed by atoms with E-state index in [-0.39, 0.29) is 13.0 Å². The zero-order valence-corrected chi connectivity index (χ0v) is 10.5. The molecule has 0 saturated heterocycles. The first-order chi connectivity index (χ1) is 9.13. The van der Waals surface area contributed by atoms with Crippen LogP contribution >= 0.6 is 0 Å². The second-order valence-corrected chi connectivity index (χ2v) is 4.03. The maximum Gasteiger partial charge on any atom is 0.408 e. The fourth-order valence-electron chi connectivity index (χ4n) is 1.49. The van der Waals surface area contributed by atoms with E-state index in [1.165, 1.54) is 0 Å². The number of carboxylic acid groups (broad SMARTS) is 1. The molecule has 0 spiro atoms. The maximum absolute atomic E-state index is 11.5. The number of hydrogen-bond acceptors (Lipinski definition) is 4. The van der Waals surface area contributed by atoms with Crippen LogP contribution in [0.15, 0.2) is 30.3 Å². The summed E-state index contributed by atoms with van der Waals surface area (Å²) in [5.41, 5.74) is 6.14. The Balaban J connectivity index is 2.38. The minimum Gasteiger partial charge on any atom is -0.480 e. The maximum atomic E-state index is 11.5. The summed E-state index contributed by atoms with van der Waals surface area (Å²) in [6.07, 6.45) is 0.0654. The van der Waals surface area contributed by atoms with Crippen LogP contribution in [0.4, 0.5) is 4.79 Å². The number of carbonyl (C=O) groups is 2. The standard InChI is InChI=1S/C13H18N2O4/c14-8-4-7-11(12(16)17)15-13(18)19-9-10-5-2-1-3-6-10/h1-3,5-6,11H,4,7-9,14H2,(H,15,18)(H,16,17). The van der Waals surface area contributed by atoms with Gasteiger partial charge in [0.1, 0.15) is 12.6 Å². The quantitative estimate of drug-likeness (QED) is 0.686. The monoisotopic (exact) mass is 266 g/mol. The van der Waals surface area contributed by atoms with E-state index in [0.29, 0.717) is 13.0 Å². The molecule has 104 valence electrons. The van der Waals surface area contributed by atoms with Gasteiger partial charge in [0.15, 0.2) is 0 Å². The summed E-state index contributed by atoms with van der Waals surface area (Å²) < 4.78 is 4.94. The highest BCUT2D eigenvalue weighted by Gasteiger charge is 2.19. The molecular weight excluding hydrogens is 248 g/mol. The number of carbonyl (C=O) groups excluding carboxylic acids is 1. The van der Waals surface area contributed by atoms with Crippen molar-refractivity contribution in [2.24, 2.45) is 5.73 Å². The first-order valence-electron chi connectivity index (χ1n) is 6.03. The van der Waals surface area contributed by atoms with Crippen molar-refractivity contribution in [2.75, 3.05) is 6.54 Å². The van der Waals surface area contributed by atoms with Crippen molar-refractivity contribution in [3.8, 4) is 0 Å². The average molecular weight is 266 g/mol. The third-order valence-electron chi connectivity index (χ3n) is 2.50. The van der Waals surface area contributed by atoms with E-state index in [9.17, 15) is 9.59 Å². The minimum absolute atomic E-state index is 0.107. The third-order valence-corrected chi connectivity index (χ3v) is 2.50. The Hall–Kier alpha value is -2.08. The van der Waals surface area contributed by atoms with Gasteiger partial charge in [-0.1, -0.05) is 30.3 Å². The molecule has 1 unspecified atom stereocenters. The Morgan fingerprint density at radius 3 is 2.58 bits per heavy atom. The lowest BCUT2D eigenvalue weighted by Crippen LogP contribution is -2.41. The van der Waals surface area contributed by atoms with Gasteiger partial charge in [-0.3, -0.25) is 0 Å². The largest absolute Gasteiger partial charge is 0.480 e. The van der Waals surface area contributed by atoms with Gasteiger partial charge in [0.25, 0.3) is 0 Å². The Morgan fingerprint density at radius 2 is 2.00 bits per heavy atom. The average Bonchev–Trinajstić information content (AvgIpc) is 2.42. The van der Waals surface area contributed by atoms with Gasteiger partial charge in [0, 0.05) is 0 Å². The van der Waals surface area contributed by atoms with Gasteiger partial charge in [-0.25, -0.2) is 9.59 Å². The van der Waals surface area contributed by atoms with Crippen LogP contribution in [-0.4, -0.2) is 29.8 Å². The van der Waals surface area contributed by atoms with E-state index in [4.69, 9.17) is 15.6 Å². The van der Waals surface area contributed by atoms with Crippen LogP contribution in [0.1, 0.15) is 18.4 Å². The first kappa shape index (κ1) is 15.0. The molecule has 4 N–H and O–H groups in total. The highest BCUT2D eigenvalue weighted by Crippen LogP contribution is 2.02. The lowest BCUT2D eigenvalue weighted by atomic mass is 10.1. The lowest BCUT2D eigenvalue weighted by Gasteiger charge is -2.14. The number of hydrogen-bond donors (Lipinski definition) is 3. The topological polar surface area (TPSA) is 102 Å². The van der Waals surface area contributed by atoms with E-state index in [1.807, 2.05) is 30.3 Å². The fraction of sp³-hybridized carbons (Fsp3) is 0.385. The van der Waals surface area contributed by atoms with Gasteiger partial charge < -0.3 is 20.9 Å². The molecule has 0 aliphatic carbocycles. The number of nitrogens with one attached hydrogen (secondary N) is 1. The van der Waals surface area contributed by atoms with Crippen LogP contribution in [0.3, 0.4) is 0 Å². The van der Waals surface area contributed by atoms with E-state index in [1.54, 1.807) is 0 Å². The predicted molar refractivity (Wildman–Crippen MR) is 69.5 cm³/mol. The normalized spacial score (nSPS) is 11.6. The van der Waals surface area contributed by atoms with Crippen molar-refractivity contribution in [3.05, 3.63) is 35.9 Å². The molecule has 6 heteroatoms. The number of aliphatic carboxylic acids is 1. The summed E-state index contributed by atoms with van der Waals surface area (Å²) >= 11 is 0. The lowest BCUT2D eigenvalue weighted by molar-refractivity contribution is -0.139. The van der Waals surface area contributed by atoms with Gasteiger partial charge in [0.2, 0.25) is 0 Å². The number of amides is 1. The molecule has 0 saturated carbocycles. The highest BCUT2D eigenvalue weighted by molar-refractivity contribution is 5.79. The molecule has 1 aromatic rings. The summed E-state index contributed by atoms with van der Waals surface area (Å²) in [5, 5.41) is 11.2. The smallest absolute Gasteiger partial charge is 0.408 e. The van der Waals surface area contributed by atoms with Crippen molar-refractivity contribution in [2.45, 2.75) is 25.5 Å². The molecule has 0 bridgehead atoms. The highest BCUT2D eigenvalue weighted by atomic mass is 16.5. The van der Waals surface area contributed by atoms with Gasteiger partial charge in [-0.2, -0.15) is 0 Å². The number of alkyl carbamates (subject to hydrolysis) is 1. The van der Waals surface area contributed by atoms with E-state index in [0.717, 1.165) is 5.56 Å². The van der Waals surface area contributed by atoms with Crippen molar-refractivity contribution < 1.29 is 19.4 Å². The molecule has 0 aliphatic heterocycles. The second-order valence-electron chi connectivity index (χ2n) is 4.03. The number of carboxylic acids is 1. The fourth-order valence-corrected chi connectivity index (χ4v) is 1.49. The van der Waals surface area contributed by atoms with Crippen LogP contribution in [0, 0.1) is 0 Å². The molecular formula is C13H18N2O4. The molecule has 0 radical (unpaired) electrons. The molecule has 19 heavy (non-hydrogen) atoms. The summed E-state index contributed by atoms with van der Waals surface area (Å²) in [4.78, 5) is 22.4. The molecule has 0 heterocycles. The summed E-state index contributed by atoms with van der Waals surface area (Å²) in [6, 6.07) is 8.19. The third kappa shape index (κ3) is 5.87. The number of nitrogens with two attached hydrogens (primary N) is 1. The van der Waals surface area contributed by atoms with Gasteiger partial charge in [-0.05, 0) is 24.9 Å². The zero-order valence-electron chi connectivity index (χ0n) is 10.5. The summed E-state index contributed by atoms with van der Waals surface area (Å²) in [7, 11) is 0. The molecule has 0 aromatic heterocycles. The molecule has 6 nitrogen and oxygen atoms in total. The predicted octanol–water partition coefficient (Wildman–Crippen LogP) is 1.10. The van der Waals surface area contributed by atoms with Crippen molar-refractivity contribution in [1.29, 1.82) is 0 Å². The van der Waals surface area contributed by atoms with Crippen LogP contribution in [0.2, 0.25) is 0 Å². The van der Waals surface area contributed by atoms with Gasteiger partial charge >= 0.3 is 12.1 Å². The zero-order chi connectivity index (χ0) is 14.1. The van der Waals surface area contributed by atoms with Crippen molar-refractivity contribution in [1.82, 2.24) is 5.32 Å². The molecule has 0 fully saturated rings.